The van der Waals surface area contributed by atoms with Crippen LogP contribution in [0.2, 0.25) is 0 Å². The van der Waals surface area contributed by atoms with Crippen LogP contribution in [0, 0.1) is 0 Å². The Balaban J connectivity index is 1.89. The lowest BCUT2D eigenvalue weighted by atomic mass is 9.90. The smallest absolute Gasteiger partial charge is 0.0309 e. The highest BCUT2D eigenvalue weighted by molar-refractivity contribution is 4.95. The first-order valence-corrected chi connectivity index (χ1v) is 8.21. The number of nitrogens with one attached hydrogen (secondary N) is 1. The summed E-state index contributed by atoms with van der Waals surface area (Å²) >= 11 is 0. The molecule has 0 spiro atoms. The van der Waals surface area contributed by atoms with Crippen molar-refractivity contribution in [3.8, 4) is 0 Å². The molecule has 2 aliphatic rings. The molecule has 0 radical (unpaired) electrons. The van der Waals surface area contributed by atoms with Gasteiger partial charge in [-0.05, 0) is 45.7 Å². The zero-order chi connectivity index (χ0) is 12.8. The van der Waals surface area contributed by atoms with Crippen molar-refractivity contribution in [2.45, 2.75) is 82.7 Å². The number of likely N-dealkylation sites (N-methyl/N-ethyl adjacent to an activating group) is 1. The van der Waals surface area contributed by atoms with Gasteiger partial charge in [0.2, 0.25) is 0 Å². The lowest BCUT2D eigenvalue weighted by Crippen LogP contribution is -2.51. The van der Waals surface area contributed by atoms with Crippen molar-refractivity contribution in [1.82, 2.24) is 10.2 Å². The van der Waals surface area contributed by atoms with Crippen LogP contribution in [-0.2, 0) is 0 Å². The Labute approximate surface area is 114 Å². The quantitative estimate of drug-likeness (QED) is 0.753. The summed E-state index contributed by atoms with van der Waals surface area (Å²) < 4.78 is 0. The van der Waals surface area contributed by atoms with Gasteiger partial charge in [0.25, 0.3) is 0 Å². The molecule has 106 valence electrons. The van der Waals surface area contributed by atoms with E-state index >= 15 is 0 Å². The Hall–Kier alpha value is -0.0800. The highest BCUT2D eigenvalue weighted by Gasteiger charge is 2.34. The molecule has 1 heterocycles. The molecule has 1 aliphatic heterocycles. The van der Waals surface area contributed by atoms with Gasteiger partial charge in [-0.25, -0.2) is 0 Å². The van der Waals surface area contributed by atoms with Gasteiger partial charge in [-0.1, -0.05) is 39.0 Å². The van der Waals surface area contributed by atoms with Crippen LogP contribution < -0.4 is 5.32 Å². The molecule has 0 aromatic carbocycles. The summed E-state index contributed by atoms with van der Waals surface area (Å²) in [4.78, 5) is 2.68. The van der Waals surface area contributed by atoms with Gasteiger partial charge in [0.05, 0.1) is 0 Å². The third-order valence-electron chi connectivity index (χ3n) is 5.06. The van der Waals surface area contributed by atoms with Crippen molar-refractivity contribution in [3.05, 3.63) is 0 Å². The molecular formula is C16H32N2. The van der Waals surface area contributed by atoms with E-state index in [2.05, 4.69) is 24.2 Å². The predicted octanol–water partition coefficient (Wildman–Crippen LogP) is 3.56. The minimum atomic E-state index is 0.440. The molecule has 0 amide bonds. The second-order valence-electron chi connectivity index (χ2n) is 6.62. The summed E-state index contributed by atoms with van der Waals surface area (Å²) in [6.45, 7) is 4.83. The van der Waals surface area contributed by atoms with Crippen LogP contribution >= 0.6 is 0 Å². The van der Waals surface area contributed by atoms with E-state index in [0.717, 1.165) is 6.04 Å². The molecular weight excluding hydrogens is 220 g/mol. The molecule has 1 saturated heterocycles. The molecule has 1 atom stereocenters. The molecule has 18 heavy (non-hydrogen) atoms. The summed E-state index contributed by atoms with van der Waals surface area (Å²) in [6, 6.07) is 0.851. The van der Waals surface area contributed by atoms with Gasteiger partial charge >= 0.3 is 0 Å². The van der Waals surface area contributed by atoms with E-state index in [1.54, 1.807) is 0 Å². The van der Waals surface area contributed by atoms with Crippen LogP contribution in [0.25, 0.3) is 0 Å². The average molecular weight is 252 g/mol. The summed E-state index contributed by atoms with van der Waals surface area (Å²) in [5, 5.41) is 3.81. The molecule has 0 bridgehead atoms. The number of nitrogens with zero attached hydrogens (tertiary/aromatic N) is 1. The highest BCUT2D eigenvalue weighted by atomic mass is 15.2. The average Bonchev–Trinajstić information content (AvgIpc) is 2.66. The molecule has 1 saturated carbocycles. The van der Waals surface area contributed by atoms with Crippen LogP contribution in [0.3, 0.4) is 0 Å². The predicted molar refractivity (Wildman–Crippen MR) is 79.0 cm³/mol. The molecule has 2 nitrogen and oxygen atoms in total. The Morgan fingerprint density at radius 2 is 1.83 bits per heavy atom. The van der Waals surface area contributed by atoms with E-state index in [1.165, 1.54) is 77.3 Å². The molecule has 0 aromatic heterocycles. The van der Waals surface area contributed by atoms with Gasteiger partial charge in [-0.2, -0.15) is 0 Å². The van der Waals surface area contributed by atoms with Crippen LogP contribution in [0.5, 0.6) is 0 Å². The molecule has 2 rings (SSSR count). The maximum absolute atomic E-state index is 3.81. The SMILES string of the molecule is CCCC1(CN(C)C2CCCCCC2)CCCN1. The van der Waals surface area contributed by atoms with Gasteiger partial charge < -0.3 is 10.2 Å². The van der Waals surface area contributed by atoms with Gasteiger partial charge in [0.15, 0.2) is 0 Å². The first-order valence-electron chi connectivity index (χ1n) is 8.21. The molecule has 1 aliphatic carbocycles. The van der Waals surface area contributed by atoms with Crippen LogP contribution in [-0.4, -0.2) is 36.6 Å². The van der Waals surface area contributed by atoms with Crippen molar-refractivity contribution in [1.29, 1.82) is 0 Å². The molecule has 2 fully saturated rings. The summed E-state index contributed by atoms with van der Waals surface area (Å²) in [6.07, 6.45) is 14.1. The number of rotatable bonds is 5. The van der Waals surface area contributed by atoms with E-state index in [9.17, 15) is 0 Å². The molecule has 1 N–H and O–H groups in total. The summed E-state index contributed by atoms with van der Waals surface area (Å²) in [5.41, 5.74) is 0.440. The van der Waals surface area contributed by atoms with Gasteiger partial charge in [-0.15, -0.1) is 0 Å². The summed E-state index contributed by atoms with van der Waals surface area (Å²) in [5.74, 6) is 0. The first kappa shape index (κ1) is 14.3. The van der Waals surface area contributed by atoms with Crippen molar-refractivity contribution in [2.75, 3.05) is 20.1 Å². The molecule has 2 heteroatoms. The zero-order valence-electron chi connectivity index (χ0n) is 12.5. The largest absolute Gasteiger partial charge is 0.310 e. The molecule has 1 unspecified atom stereocenters. The monoisotopic (exact) mass is 252 g/mol. The van der Waals surface area contributed by atoms with E-state index in [1.807, 2.05) is 0 Å². The number of hydrogen-bond donors (Lipinski definition) is 1. The van der Waals surface area contributed by atoms with Crippen molar-refractivity contribution >= 4 is 0 Å². The van der Waals surface area contributed by atoms with E-state index in [-0.39, 0.29) is 0 Å². The Bertz CT molecular complexity index is 225. The van der Waals surface area contributed by atoms with Crippen molar-refractivity contribution in [2.24, 2.45) is 0 Å². The minimum absolute atomic E-state index is 0.440. The first-order chi connectivity index (χ1) is 8.76. The highest BCUT2D eigenvalue weighted by Crippen LogP contribution is 2.28. The van der Waals surface area contributed by atoms with Crippen molar-refractivity contribution < 1.29 is 0 Å². The maximum atomic E-state index is 3.81. The Morgan fingerprint density at radius 1 is 1.11 bits per heavy atom. The maximum Gasteiger partial charge on any atom is 0.0309 e. The summed E-state index contributed by atoms with van der Waals surface area (Å²) in [7, 11) is 2.37. The van der Waals surface area contributed by atoms with Crippen molar-refractivity contribution in [3.63, 3.8) is 0 Å². The van der Waals surface area contributed by atoms with Crippen LogP contribution in [0.4, 0.5) is 0 Å². The lowest BCUT2D eigenvalue weighted by Gasteiger charge is -2.37. The van der Waals surface area contributed by atoms with E-state index < -0.39 is 0 Å². The second kappa shape index (κ2) is 6.91. The minimum Gasteiger partial charge on any atom is -0.310 e. The fourth-order valence-corrected chi connectivity index (χ4v) is 4.08. The standard InChI is InChI=1S/C16H32N2/c1-3-11-16(12-8-13-17-16)14-18(2)15-9-6-4-5-7-10-15/h15,17H,3-14H2,1-2H3. The van der Waals surface area contributed by atoms with Crippen LogP contribution in [0.1, 0.15) is 71.1 Å². The van der Waals surface area contributed by atoms with Gasteiger partial charge in [-0.3, -0.25) is 0 Å². The fraction of sp³-hybridized carbons (Fsp3) is 1.00. The van der Waals surface area contributed by atoms with Crippen LogP contribution in [0.15, 0.2) is 0 Å². The zero-order valence-corrected chi connectivity index (χ0v) is 12.5. The number of hydrogen-bond acceptors (Lipinski definition) is 2. The third kappa shape index (κ3) is 3.71. The fourth-order valence-electron chi connectivity index (χ4n) is 4.08. The molecule has 0 aromatic rings. The Kier molecular flexibility index (Phi) is 5.50. The third-order valence-corrected chi connectivity index (χ3v) is 5.06. The van der Waals surface area contributed by atoms with Gasteiger partial charge in [0, 0.05) is 18.1 Å². The Morgan fingerprint density at radius 3 is 2.39 bits per heavy atom. The van der Waals surface area contributed by atoms with E-state index in [0.29, 0.717) is 5.54 Å². The van der Waals surface area contributed by atoms with E-state index in [4.69, 9.17) is 0 Å². The van der Waals surface area contributed by atoms with Gasteiger partial charge in [0.1, 0.15) is 0 Å². The lowest BCUT2D eigenvalue weighted by molar-refractivity contribution is 0.154. The normalized spacial score (nSPS) is 30.8. The topological polar surface area (TPSA) is 15.3 Å². The second-order valence-corrected chi connectivity index (χ2v) is 6.62.